The van der Waals surface area contributed by atoms with Crippen LogP contribution in [-0.4, -0.2) is 16.6 Å². The lowest BCUT2D eigenvalue weighted by Crippen LogP contribution is -2.30. The largest absolute Gasteiger partial charge is 0.278 e. The van der Waals surface area contributed by atoms with Crippen molar-refractivity contribution >= 4 is 63.3 Å². The summed E-state index contributed by atoms with van der Waals surface area (Å²) in [7, 11) is 0. The molecule has 0 N–H and O–H groups in total. The van der Waals surface area contributed by atoms with Gasteiger partial charge in [0.15, 0.2) is 0 Å². The molecular formula is C23H15ClN2OS2. The number of fused-ring (bicyclic) bond motifs is 3. The molecule has 1 aromatic heterocycles. The Balaban J connectivity index is 1.49. The molecule has 4 aromatic rings. The van der Waals surface area contributed by atoms with Crippen molar-refractivity contribution in [3.63, 3.8) is 0 Å². The average Bonchev–Trinajstić information content (AvgIpc) is 2.76. The fourth-order valence-corrected chi connectivity index (χ4v) is 5.49. The van der Waals surface area contributed by atoms with E-state index in [-0.39, 0.29) is 5.91 Å². The maximum Gasteiger partial charge on any atom is 0.241 e. The minimum Gasteiger partial charge on any atom is -0.278 e. The molecule has 0 atom stereocenters. The van der Waals surface area contributed by atoms with Gasteiger partial charge in [-0.1, -0.05) is 53.7 Å². The molecule has 6 heteroatoms. The first kappa shape index (κ1) is 18.6. The van der Waals surface area contributed by atoms with Crippen molar-refractivity contribution in [2.45, 2.75) is 14.7 Å². The molecule has 3 aromatic carbocycles. The Hall–Kier alpha value is -2.47. The number of pyridine rings is 1. The topological polar surface area (TPSA) is 33.2 Å². The van der Waals surface area contributed by atoms with Crippen molar-refractivity contribution in [3.05, 3.63) is 84.0 Å². The molecule has 0 saturated heterocycles. The van der Waals surface area contributed by atoms with Gasteiger partial charge in [-0.3, -0.25) is 14.7 Å². The number of anilines is 2. The lowest BCUT2D eigenvalue weighted by atomic mass is 10.2. The van der Waals surface area contributed by atoms with Crippen molar-refractivity contribution in [2.75, 3.05) is 10.7 Å². The molecule has 1 aliphatic heterocycles. The van der Waals surface area contributed by atoms with Crippen LogP contribution in [0.15, 0.2) is 93.7 Å². The first-order valence-corrected chi connectivity index (χ1v) is 11.2. The van der Waals surface area contributed by atoms with Crippen LogP contribution in [0, 0.1) is 0 Å². The summed E-state index contributed by atoms with van der Waals surface area (Å²) < 4.78 is 0. The number of hydrogen-bond donors (Lipinski definition) is 0. The fourth-order valence-electron chi connectivity index (χ4n) is 3.39. The highest BCUT2D eigenvalue weighted by Gasteiger charge is 2.28. The van der Waals surface area contributed by atoms with Crippen LogP contribution in [0.1, 0.15) is 0 Å². The number of halogens is 1. The molecule has 0 radical (unpaired) electrons. The number of para-hydroxylation sites is 2. The number of carbonyl (C=O) groups excluding carboxylic acids is 1. The second-order valence-corrected chi connectivity index (χ2v) is 9.07. The molecule has 29 heavy (non-hydrogen) atoms. The quantitative estimate of drug-likeness (QED) is 0.331. The number of aromatic nitrogens is 1. The smallest absolute Gasteiger partial charge is 0.241 e. The first-order valence-electron chi connectivity index (χ1n) is 9.07. The Morgan fingerprint density at radius 3 is 2.72 bits per heavy atom. The van der Waals surface area contributed by atoms with Gasteiger partial charge in [0, 0.05) is 31.3 Å². The van der Waals surface area contributed by atoms with Gasteiger partial charge in [-0.25, -0.2) is 0 Å². The number of amides is 1. The third-order valence-electron chi connectivity index (χ3n) is 4.68. The first-order chi connectivity index (χ1) is 14.2. The van der Waals surface area contributed by atoms with Crippen LogP contribution in [0.3, 0.4) is 0 Å². The van der Waals surface area contributed by atoms with Crippen LogP contribution in [0.2, 0.25) is 5.02 Å². The minimum atomic E-state index is 0.0131. The van der Waals surface area contributed by atoms with Crippen LogP contribution >= 0.6 is 35.1 Å². The molecule has 0 fully saturated rings. The lowest BCUT2D eigenvalue weighted by Gasteiger charge is -2.31. The second-order valence-electron chi connectivity index (χ2n) is 6.53. The van der Waals surface area contributed by atoms with Gasteiger partial charge in [0.2, 0.25) is 5.91 Å². The summed E-state index contributed by atoms with van der Waals surface area (Å²) >= 11 is 9.42. The van der Waals surface area contributed by atoms with Crippen molar-refractivity contribution in [1.29, 1.82) is 0 Å². The highest BCUT2D eigenvalue weighted by molar-refractivity contribution is 8.00. The van der Waals surface area contributed by atoms with E-state index in [9.17, 15) is 4.79 Å². The standard InChI is InChI=1S/C23H15ClN2OS2/c24-16-10-11-20-18(13-16)26(17-7-1-2-8-19(17)29-20)22(27)14-28-21-9-3-5-15-6-4-12-25-23(15)21/h1-13H,14H2. The summed E-state index contributed by atoms with van der Waals surface area (Å²) in [5, 5.41) is 1.69. The SMILES string of the molecule is O=C(CSc1cccc2cccnc12)N1c2ccccc2Sc2ccc(Cl)cc21. The van der Waals surface area contributed by atoms with Gasteiger partial charge in [-0.15, -0.1) is 11.8 Å². The van der Waals surface area contributed by atoms with Crippen molar-refractivity contribution < 1.29 is 4.79 Å². The van der Waals surface area contributed by atoms with Crippen molar-refractivity contribution in [2.24, 2.45) is 0 Å². The highest BCUT2D eigenvalue weighted by Crippen LogP contribution is 2.49. The number of thioether (sulfide) groups is 1. The predicted molar refractivity (Wildman–Crippen MR) is 122 cm³/mol. The van der Waals surface area contributed by atoms with E-state index in [0.29, 0.717) is 10.8 Å². The van der Waals surface area contributed by atoms with E-state index in [0.717, 1.165) is 37.0 Å². The Labute approximate surface area is 182 Å². The molecule has 1 amide bonds. The maximum absolute atomic E-state index is 13.4. The van der Waals surface area contributed by atoms with E-state index in [1.807, 2.05) is 72.8 Å². The number of carbonyl (C=O) groups is 1. The van der Waals surface area contributed by atoms with Gasteiger partial charge in [-0.05, 0) is 42.5 Å². The molecule has 0 saturated carbocycles. The van der Waals surface area contributed by atoms with Crippen LogP contribution in [0.4, 0.5) is 11.4 Å². The summed E-state index contributed by atoms with van der Waals surface area (Å²) in [6, 6.07) is 23.7. The van der Waals surface area contributed by atoms with Crippen molar-refractivity contribution in [3.8, 4) is 0 Å². The summed E-state index contributed by atoms with van der Waals surface area (Å²) in [5.74, 6) is 0.319. The maximum atomic E-state index is 13.4. The van der Waals surface area contributed by atoms with Gasteiger partial charge in [-0.2, -0.15) is 0 Å². The zero-order valence-corrected chi connectivity index (χ0v) is 17.6. The third kappa shape index (κ3) is 3.50. The fraction of sp³-hybridized carbons (Fsp3) is 0.0435. The van der Waals surface area contributed by atoms with Gasteiger partial charge >= 0.3 is 0 Å². The molecule has 142 valence electrons. The zero-order chi connectivity index (χ0) is 19.8. The summed E-state index contributed by atoms with van der Waals surface area (Å²) in [5.41, 5.74) is 2.66. The lowest BCUT2D eigenvalue weighted by molar-refractivity contribution is -0.115. The molecule has 0 spiro atoms. The van der Waals surface area contributed by atoms with E-state index < -0.39 is 0 Å². The van der Waals surface area contributed by atoms with E-state index in [1.165, 1.54) is 11.8 Å². The molecular weight excluding hydrogens is 420 g/mol. The molecule has 0 bridgehead atoms. The molecule has 5 rings (SSSR count). The Kier molecular flexibility index (Phi) is 4.96. The number of nitrogens with zero attached hydrogens (tertiary/aromatic N) is 2. The molecule has 2 heterocycles. The molecule has 0 aliphatic carbocycles. The van der Waals surface area contributed by atoms with Crippen LogP contribution in [-0.2, 0) is 4.79 Å². The Morgan fingerprint density at radius 2 is 1.79 bits per heavy atom. The van der Waals surface area contributed by atoms with E-state index >= 15 is 0 Å². The van der Waals surface area contributed by atoms with E-state index in [2.05, 4.69) is 4.98 Å². The number of hydrogen-bond acceptors (Lipinski definition) is 4. The third-order valence-corrected chi connectivity index (χ3v) is 7.08. The summed E-state index contributed by atoms with van der Waals surface area (Å²) in [6.07, 6.45) is 1.78. The minimum absolute atomic E-state index is 0.0131. The summed E-state index contributed by atoms with van der Waals surface area (Å²) in [4.78, 5) is 22.7. The number of benzene rings is 3. The van der Waals surface area contributed by atoms with Crippen molar-refractivity contribution in [1.82, 2.24) is 4.98 Å². The van der Waals surface area contributed by atoms with E-state index in [4.69, 9.17) is 11.6 Å². The van der Waals surface area contributed by atoms with Gasteiger partial charge in [0.1, 0.15) is 0 Å². The van der Waals surface area contributed by atoms with Crippen LogP contribution < -0.4 is 4.90 Å². The summed E-state index contributed by atoms with van der Waals surface area (Å²) in [6.45, 7) is 0. The zero-order valence-electron chi connectivity index (χ0n) is 15.2. The molecule has 0 unspecified atom stereocenters. The van der Waals surface area contributed by atoms with Crippen LogP contribution in [0.25, 0.3) is 10.9 Å². The van der Waals surface area contributed by atoms with Gasteiger partial charge in [0.05, 0.1) is 22.6 Å². The Bertz CT molecular complexity index is 1240. The average molecular weight is 435 g/mol. The Morgan fingerprint density at radius 1 is 0.966 bits per heavy atom. The van der Waals surface area contributed by atoms with E-state index in [1.54, 1.807) is 22.9 Å². The normalized spacial score (nSPS) is 12.5. The second kappa shape index (κ2) is 7.75. The van der Waals surface area contributed by atoms with Crippen LogP contribution in [0.5, 0.6) is 0 Å². The predicted octanol–water partition coefficient (Wildman–Crippen LogP) is 6.81. The molecule has 1 aliphatic rings. The highest BCUT2D eigenvalue weighted by atomic mass is 35.5. The number of rotatable bonds is 3. The monoisotopic (exact) mass is 434 g/mol. The molecule has 3 nitrogen and oxygen atoms in total. The van der Waals surface area contributed by atoms with Gasteiger partial charge < -0.3 is 0 Å². The van der Waals surface area contributed by atoms with Gasteiger partial charge in [0.25, 0.3) is 0 Å².